The van der Waals surface area contributed by atoms with Crippen molar-refractivity contribution in [3.8, 4) is 0 Å². The summed E-state index contributed by atoms with van der Waals surface area (Å²) < 4.78 is 1.97. The fourth-order valence-corrected chi connectivity index (χ4v) is 2.33. The maximum Gasteiger partial charge on any atom is 0.244 e. The highest BCUT2D eigenvalue weighted by Crippen LogP contribution is 2.17. The quantitative estimate of drug-likeness (QED) is 0.770. The van der Waals surface area contributed by atoms with Crippen LogP contribution in [0.5, 0.6) is 0 Å². The largest absolute Gasteiger partial charge is 0.338 e. The Morgan fingerprint density at radius 3 is 2.70 bits per heavy atom. The molecule has 0 aliphatic heterocycles. The number of benzene rings is 2. The van der Waals surface area contributed by atoms with E-state index in [2.05, 4.69) is 30.4 Å². The predicted molar refractivity (Wildman–Crippen MR) is 81.7 cm³/mol. The van der Waals surface area contributed by atoms with Crippen molar-refractivity contribution in [2.75, 3.05) is 5.32 Å². The van der Waals surface area contributed by atoms with Crippen molar-refractivity contribution in [1.29, 1.82) is 0 Å². The van der Waals surface area contributed by atoms with Gasteiger partial charge in [0.15, 0.2) is 0 Å². The monoisotopic (exact) mass is 264 g/mol. The number of amides is 1. The summed E-state index contributed by atoms with van der Waals surface area (Å²) in [5, 5.41) is 4.06. The molecule has 0 aliphatic rings. The van der Waals surface area contributed by atoms with Crippen molar-refractivity contribution in [3.05, 3.63) is 66.4 Å². The first-order chi connectivity index (χ1) is 9.72. The van der Waals surface area contributed by atoms with Crippen LogP contribution in [0.15, 0.2) is 60.8 Å². The van der Waals surface area contributed by atoms with Crippen molar-refractivity contribution >= 4 is 22.5 Å². The van der Waals surface area contributed by atoms with Gasteiger partial charge in [0.2, 0.25) is 5.91 Å². The van der Waals surface area contributed by atoms with Crippen LogP contribution in [0.4, 0.5) is 5.69 Å². The lowest BCUT2D eigenvalue weighted by Gasteiger charge is -2.07. The van der Waals surface area contributed by atoms with Crippen LogP contribution in [0.2, 0.25) is 0 Å². The number of carbonyl (C=O) groups is 1. The molecular formula is C17H16N2O. The highest BCUT2D eigenvalue weighted by molar-refractivity contribution is 5.92. The van der Waals surface area contributed by atoms with E-state index in [1.165, 1.54) is 5.56 Å². The molecule has 0 aliphatic carbocycles. The van der Waals surface area contributed by atoms with E-state index in [0.717, 1.165) is 16.6 Å². The molecule has 3 heteroatoms. The number of hydrogen-bond acceptors (Lipinski definition) is 1. The van der Waals surface area contributed by atoms with Gasteiger partial charge in [-0.2, -0.15) is 0 Å². The fourth-order valence-electron chi connectivity index (χ4n) is 2.33. The average Bonchev–Trinajstić information content (AvgIpc) is 2.82. The summed E-state index contributed by atoms with van der Waals surface area (Å²) in [5.41, 5.74) is 3.13. The van der Waals surface area contributed by atoms with E-state index in [4.69, 9.17) is 0 Å². The Hall–Kier alpha value is -2.55. The molecule has 20 heavy (non-hydrogen) atoms. The number of anilines is 1. The lowest BCUT2D eigenvalue weighted by atomic mass is 10.2. The third-order valence-electron chi connectivity index (χ3n) is 3.30. The summed E-state index contributed by atoms with van der Waals surface area (Å²) in [6.07, 6.45) is 1.95. The number of fused-ring (bicyclic) bond motifs is 1. The summed E-state index contributed by atoms with van der Waals surface area (Å²) in [6.45, 7) is 2.39. The Labute approximate surface area is 117 Å². The minimum Gasteiger partial charge on any atom is -0.338 e. The zero-order valence-electron chi connectivity index (χ0n) is 11.3. The van der Waals surface area contributed by atoms with Crippen LogP contribution in [-0.4, -0.2) is 10.5 Å². The number of hydrogen-bond donors (Lipinski definition) is 1. The highest BCUT2D eigenvalue weighted by atomic mass is 16.1. The molecule has 3 aromatic rings. The van der Waals surface area contributed by atoms with Gasteiger partial charge in [0.25, 0.3) is 0 Å². The average molecular weight is 264 g/mol. The van der Waals surface area contributed by atoms with Crippen molar-refractivity contribution < 1.29 is 4.79 Å². The second-order valence-corrected chi connectivity index (χ2v) is 4.92. The summed E-state index contributed by atoms with van der Waals surface area (Å²) in [5.74, 6) is -0.0192. The van der Waals surface area contributed by atoms with Gasteiger partial charge in [0.05, 0.1) is 0 Å². The highest BCUT2D eigenvalue weighted by Gasteiger charge is 2.06. The molecule has 0 unspecified atom stereocenters. The Balaban J connectivity index is 1.78. The van der Waals surface area contributed by atoms with Crippen LogP contribution >= 0.6 is 0 Å². The molecule has 0 spiro atoms. The molecule has 0 fully saturated rings. The number of carbonyl (C=O) groups excluding carboxylic acids is 1. The molecule has 1 N–H and O–H groups in total. The van der Waals surface area contributed by atoms with Gasteiger partial charge in [-0.3, -0.25) is 4.79 Å². The number of aryl methyl sites for hydroxylation is 1. The van der Waals surface area contributed by atoms with E-state index in [0.29, 0.717) is 6.54 Å². The standard InChI is InChI=1S/C17H16N2O/c1-13-7-8-16-14(11-13)9-10-19(16)12-17(20)18-15-5-3-2-4-6-15/h2-11H,12H2,1H3,(H,18,20). The van der Waals surface area contributed by atoms with Crippen LogP contribution in [0.3, 0.4) is 0 Å². The first-order valence-corrected chi connectivity index (χ1v) is 6.63. The zero-order valence-corrected chi connectivity index (χ0v) is 11.3. The molecule has 3 nitrogen and oxygen atoms in total. The SMILES string of the molecule is Cc1ccc2c(ccn2CC(=O)Nc2ccccc2)c1. The van der Waals surface area contributed by atoms with Gasteiger partial charge in [-0.15, -0.1) is 0 Å². The smallest absolute Gasteiger partial charge is 0.244 e. The van der Waals surface area contributed by atoms with Gasteiger partial charge < -0.3 is 9.88 Å². The number of nitrogens with one attached hydrogen (secondary N) is 1. The fraction of sp³-hybridized carbons (Fsp3) is 0.118. The molecule has 0 atom stereocenters. The topological polar surface area (TPSA) is 34.0 Å². The molecule has 100 valence electrons. The maximum absolute atomic E-state index is 12.1. The lowest BCUT2D eigenvalue weighted by Crippen LogP contribution is -2.18. The van der Waals surface area contributed by atoms with Gasteiger partial charge in [0, 0.05) is 17.4 Å². The van der Waals surface area contributed by atoms with Crippen LogP contribution in [0.1, 0.15) is 5.56 Å². The van der Waals surface area contributed by atoms with Crippen molar-refractivity contribution in [3.63, 3.8) is 0 Å². The van der Waals surface area contributed by atoms with Crippen LogP contribution in [0.25, 0.3) is 10.9 Å². The minimum atomic E-state index is -0.0192. The molecule has 0 radical (unpaired) electrons. The van der Waals surface area contributed by atoms with E-state index in [-0.39, 0.29) is 5.91 Å². The summed E-state index contributed by atoms with van der Waals surface area (Å²) in [6, 6.07) is 17.8. The third-order valence-corrected chi connectivity index (χ3v) is 3.30. The summed E-state index contributed by atoms with van der Waals surface area (Å²) in [7, 11) is 0. The number of nitrogens with zero attached hydrogens (tertiary/aromatic N) is 1. The van der Waals surface area contributed by atoms with E-state index in [1.54, 1.807) is 0 Å². The molecule has 0 saturated carbocycles. The van der Waals surface area contributed by atoms with Crippen LogP contribution in [0, 0.1) is 6.92 Å². The minimum absolute atomic E-state index is 0.0192. The lowest BCUT2D eigenvalue weighted by molar-refractivity contribution is -0.116. The molecule has 1 aromatic heterocycles. The Bertz CT molecular complexity index is 744. The molecule has 1 heterocycles. The Morgan fingerprint density at radius 1 is 1.10 bits per heavy atom. The molecule has 2 aromatic carbocycles. The maximum atomic E-state index is 12.1. The molecule has 0 bridgehead atoms. The van der Waals surface area contributed by atoms with Crippen molar-refractivity contribution in [1.82, 2.24) is 4.57 Å². The predicted octanol–water partition coefficient (Wildman–Crippen LogP) is 3.59. The molecule has 1 amide bonds. The van der Waals surface area contributed by atoms with E-state index in [9.17, 15) is 4.79 Å². The molecule has 3 rings (SSSR count). The van der Waals surface area contributed by atoms with E-state index >= 15 is 0 Å². The third kappa shape index (κ3) is 2.57. The zero-order chi connectivity index (χ0) is 13.9. The normalized spacial score (nSPS) is 10.7. The van der Waals surface area contributed by atoms with Crippen molar-refractivity contribution in [2.45, 2.75) is 13.5 Å². The van der Waals surface area contributed by atoms with E-state index in [1.807, 2.05) is 47.2 Å². The van der Waals surface area contributed by atoms with Crippen molar-refractivity contribution in [2.24, 2.45) is 0 Å². The van der Waals surface area contributed by atoms with Gasteiger partial charge in [-0.1, -0.05) is 29.8 Å². The number of aromatic nitrogens is 1. The second-order valence-electron chi connectivity index (χ2n) is 4.92. The van der Waals surface area contributed by atoms with E-state index < -0.39 is 0 Å². The first kappa shape index (κ1) is 12.5. The second kappa shape index (κ2) is 5.21. The number of para-hydroxylation sites is 1. The van der Waals surface area contributed by atoms with Gasteiger partial charge in [-0.25, -0.2) is 0 Å². The summed E-state index contributed by atoms with van der Waals surface area (Å²) >= 11 is 0. The Morgan fingerprint density at radius 2 is 1.90 bits per heavy atom. The Kier molecular flexibility index (Phi) is 3.25. The van der Waals surface area contributed by atoms with Gasteiger partial charge in [0.1, 0.15) is 6.54 Å². The summed E-state index contributed by atoms with van der Waals surface area (Å²) in [4.78, 5) is 12.1. The van der Waals surface area contributed by atoms with Gasteiger partial charge >= 0.3 is 0 Å². The number of rotatable bonds is 3. The van der Waals surface area contributed by atoms with Crippen LogP contribution < -0.4 is 5.32 Å². The molecular weight excluding hydrogens is 248 g/mol. The molecule has 0 saturated heterocycles. The van der Waals surface area contributed by atoms with Gasteiger partial charge in [-0.05, 0) is 42.6 Å². The first-order valence-electron chi connectivity index (χ1n) is 6.63. The van der Waals surface area contributed by atoms with Crippen LogP contribution in [-0.2, 0) is 11.3 Å².